The number of ether oxygens (including phenoxy) is 1. The molecule has 0 saturated heterocycles. The van der Waals surface area contributed by atoms with E-state index in [4.69, 9.17) is 4.74 Å². The minimum Gasteiger partial charge on any atom is -0.435 e. The predicted molar refractivity (Wildman–Crippen MR) is 157 cm³/mol. The van der Waals surface area contributed by atoms with E-state index in [-0.39, 0.29) is 28.3 Å². The molecule has 2 N–H and O–H groups in total. The van der Waals surface area contributed by atoms with E-state index in [0.29, 0.717) is 28.5 Å². The summed E-state index contributed by atoms with van der Waals surface area (Å²) in [4.78, 5) is 38.4. The van der Waals surface area contributed by atoms with Gasteiger partial charge in [0.05, 0.1) is 10.9 Å². The molecule has 41 heavy (non-hydrogen) atoms. The summed E-state index contributed by atoms with van der Waals surface area (Å²) < 4.78 is 23.0. The largest absolute Gasteiger partial charge is 0.435 e. The fourth-order valence-electron chi connectivity index (χ4n) is 5.17. The highest BCUT2D eigenvalue weighted by molar-refractivity contribution is 6.07. The number of aryl methyl sites for hydroxylation is 2. The highest BCUT2D eigenvalue weighted by atomic mass is 19.1. The van der Waals surface area contributed by atoms with Crippen LogP contribution in [0.5, 0.6) is 11.6 Å². The summed E-state index contributed by atoms with van der Waals surface area (Å²) in [5.74, 6) is -1.19. The van der Waals surface area contributed by atoms with Gasteiger partial charge >= 0.3 is 0 Å². The number of hydrogen-bond acceptors (Lipinski definition) is 5. The first kappa shape index (κ1) is 25.9. The summed E-state index contributed by atoms with van der Waals surface area (Å²) in [7, 11) is 1.83. The van der Waals surface area contributed by atoms with Gasteiger partial charge in [-0.15, -0.1) is 0 Å². The van der Waals surface area contributed by atoms with Gasteiger partial charge in [-0.3, -0.25) is 9.59 Å². The van der Waals surface area contributed by atoms with Crippen LogP contribution >= 0.6 is 0 Å². The topological polar surface area (TPSA) is 102 Å². The van der Waals surface area contributed by atoms with Gasteiger partial charge in [-0.2, -0.15) is 0 Å². The van der Waals surface area contributed by atoms with Crippen molar-refractivity contribution in [2.45, 2.75) is 20.3 Å². The number of benzene rings is 3. The number of rotatable bonds is 6. The van der Waals surface area contributed by atoms with Crippen LogP contribution in [0.3, 0.4) is 0 Å². The normalized spacial score (nSPS) is 11.2. The highest BCUT2D eigenvalue weighted by Crippen LogP contribution is 2.36. The fourth-order valence-corrected chi connectivity index (χ4v) is 5.17. The Labute approximate surface area is 234 Å². The zero-order chi connectivity index (χ0) is 28.7. The number of fused-ring (bicyclic) bond motifs is 2. The molecule has 0 unspecified atom stereocenters. The van der Waals surface area contributed by atoms with E-state index >= 15 is 4.39 Å². The van der Waals surface area contributed by atoms with Crippen LogP contribution in [0.1, 0.15) is 28.5 Å². The van der Waals surface area contributed by atoms with Crippen LogP contribution < -0.4 is 15.5 Å². The third kappa shape index (κ3) is 4.61. The number of aromatic nitrogens is 4. The maximum Gasteiger partial charge on any atom is 0.261 e. The number of hydrogen-bond donors (Lipinski definition) is 2. The molecule has 0 saturated carbocycles. The van der Waals surface area contributed by atoms with E-state index in [1.54, 1.807) is 12.3 Å². The lowest BCUT2D eigenvalue weighted by atomic mass is 10.0. The van der Waals surface area contributed by atoms with Crippen LogP contribution in [0, 0.1) is 12.7 Å². The number of nitrogens with zero attached hydrogens (tertiary/aromatic N) is 3. The Kier molecular flexibility index (Phi) is 6.55. The summed E-state index contributed by atoms with van der Waals surface area (Å²) in [6, 6.07) is 19.3. The molecule has 0 fully saturated rings. The second kappa shape index (κ2) is 10.3. The van der Waals surface area contributed by atoms with E-state index < -0.39 is 11.7 Å². The molecule has 1 amide bonds. The van der Waals surface area contributed by atoms with Crippen molar-refractivity contribution in [1.82, 2.24) is 19.5 Å². The Morgan fingerprint density at radius 3 is 2.63 bits per heavy atom. The zero-order valence-corrected chi connectivity index (χ0v) is 22.7. The average Bonchev–Trinajstić information content (AvgIpc) is 3.42. The van der Waals surface area contributed by atoms with Gasteiger partial charge in [0.2, 0.25) is 11.3 Å². The number of H-pyrrole nitrogens is 1. The molecule has 6 rings (SSSR count). The first-order valence-electron chi connectivity index (χ1n) is 13.1. The molecule has 0 bridgehead atoms. The van der Waals surface area contributed by atoms with Crippen LogP contribution in [0.15, 0.2) is 84.0 Å². The van der Waals surface area contributed by atoms with Gasteiger partial charge in [-0.05, 0) is 43.2 Å². The zero-order valence-electron chi connectivity index (χ0n) is 22.7. The maximum atomic E-state index is 15.3. The minimum atomic E-state index is -0.705. The molecule has 0 aliphatic rings. The third-order valence-corrected chi connectivity index (χ3v) is 7.16. The van der Waals surface area contributed by atoms with Crippen molar-refractivity contribution in [3.63, 3.8) is 0 Å². The fraction of sp³-hybridized carbons (Fsp3) is 0.125. The average molecular weight is 548 g/mol. The lowest BCUT2D eigenvalue weighted by Gasteiger charge is -2.16. The molecule has 8 nitrogen and oxygen atoms in total. The molecule has 3 aromatic carbocycles. The molecule has 9 heteroatoms. The number of amides is 1. The minimum absolute atomic E-state index is 0.0399. The Hall–Kier alpha value is -5.31. The summed E-state index contributed by atoms with van der Waals surface area (Å²) in [6.45, 7) is 3.78. The van der Waals surface area contributed by atoms with Gasteiger partial charge in [0.15, 0.2) is 11.6 Å². The van der Waals surface area contributed by atoms with Crippen molar-refractivity contribution in [2.75, 3.05) is 5.32 Å². The molecular weight excluding hydrogens is 521 g/mol. The highest BCUT2D eigenvalue weighted by Gasteiger charge is 2.22. The number of aromatic amines is 1. The summed E-state index contributed by atoms with van der Waals surface area (Å²) in [6.07, 6.45) is 3.61. The van der Waals surface area contributed by atoms with Gasteiger partial charge in [-0.1, -0.05) is 48.9 Å². The van der Waals surface area contributed by atoms with Gasteiger partial charge in [-0.25, -0.2) is 14.4 Å². The molecular formula is C32H26FN5O3. The van der Waals surface area contributed by atoms with E-state index in [1.807, 2.05) is 67.9 Å². The van der Waals surface area contributed by atoms with Gasteiger partial charge in [0, 0.05) is 41.6 Å². The molecule has 0 aliphatic carbocycles. The smallest absolute Gasteiger partial charge is 0.261 e. The molecule has 0 atom stereocenters. The Bertz CT molecular complexity index is 2010. The molecule has 0 spiro atoms. The second-order valence-electron chi connectivity index (χ2n) is 9.76. The monoisotopic (exact) mass is 547 g/mol. The Morgan fingerprint density at radius 1 is 1.07 bits per heavy atom. The summed E-state index contributed by atoms with van der Waals surface area (Å²) >= 11 is 0. The van der Waals surface area contributed by atoms with Gasteiger partial charge in [0.1, 0.15) is 17.5 Å². The summed E-state index contributed by atoms with van der Waals surface area (Å²) in [5, 5.41) is 3.76. The maximum absolute atomic E-state index is 15.3. The molecule has 0 radical (unpaired) electrons. The Balaban J connectivity index is 1.32. The van der Waals surface area contributed by atoms with Crippen molar-refractivity contribution in [3.8, 4) is 22.8 Å². The number of halogens is 1. The van der Waals surface area contributed by atoms with Gasteiger partial charge < -0.3 is 19.6 Å². The van der Waals surface area contributed by atoms with Crippen molar-refractivity contribution in [3.05, 3.63) is 112 Å². The van der Waals surface area contributed by atoms with Crippen LogP contribution in [0.25, 0.3) is 33.1 Å². The van der Waals surface area contributed by atoms with Crippen molar-refractivity contribution < 1.29 is 13.9 Å². The quantitative estimate of drug-likeness (QED) is 0.247. The van der Waals surface area contributed by atoms with Crippen molar-refractivity contribution >= 4 is 33.5 Å². The predicted octanol–water partition coefficient (Wildman–Crippen LogP) is 6.53. The molecule has 3 heterocycles. The Morgan fingerprint density at radius 2 is 1.88 bits per heavy atom. The number of anilines is 1. The molecule has 0 aliphatic heterocycles. The van der Waals surface area contributed by atoms with Crippen molar-refractivity contribution in [1.29, 1.82) is 0 Å². The van der Waals surface area contributed by atoms with Crippen LogP contribution in [-0.4, -0.2) is 25.4 Å². The van der Waals surface area contributed by atoms with E-state index in [2.05, 4.69) is 20.3 Å². The third-order valence-electron chi connectivity index (χ3n) is 7.16. The molecule has 6 aromatic rings. The lowest BCUT2D eigenvalue weighted by Crippen LogP contribution is -2.27. The molecule has 3 aromatic heterocycles. The number of pyridine rings is 1. The van der Waals surface area contributed by atoms with Crippen molar-refractivity contribution in [2.24, 2.45) is 7.05 Å². The number of nitrogens with one attached hydrogen (secondary N) is 2. The van der Waals surface area contributed by atoms with E-state index in [0.717, 1.165) is 28.3 Å². The first-order valence-corrected chi connectivity index (χ1v) is 13.1. The first-order chi connectivity index (χ1) is 19.9. The lowest BCUT2D eigenvalue weighted by molar-refractivity contribution is 0.102. The van der Waals surface area contributed by atoms with Gasteiger partial charge in [0.25, 0.3) is 5.91 Å². The SMILES string of the molecule is CCc1c(C(=O)Nc2ccc(Oc3ncnc4[nH]cc(-c5ccccc5)c34)c(F)c2)c(=O)c2cc(C)ccc2n1C. The number of carbonyl (C=O) groups is 1. The van der Waals surface area contributed by atoms with E-state index in [9.17, 15) is 9.59 Å². The van der Waals surface area contributed by atoms with Crippen LogP contribution in [-0.2, 0) is 13.5 Å². The summed E-state index contributed by atoms with van der Waals surface area (Å²) in [5.41, 5.74) is 4.43. The molecule has 204 valence electrons. The number of carbonyl (C=O) groups excluding carboxylic acids is 1. The second-order valence-corrected chi connectivity index (χ2v) is 9.76. The van der Waals surface area contributed by atoms with Crippen LogP contribution in [0.4, 0.5) is 10.1 Å². The van der Waals surface area contributed by atoms with E-state index in [1.165, 1.54) is 18.5 Å². The standard InChI is InChI=1S/C32H26FN5O3/c1-4-24-28(29(39)21-14-18(2)10-12-25(21)38(24)3)31(40)37-20-11-13-26(23(33)15-20)41-32-27-22(19-8-6-5-7-9-19)16-34-30(27)35-17-36-32/h5-17H,4H2,1-3H3,(H,37,40)(H,34,35,36). The van der Waals surface area contributed by atoms with Crippen LogP contribution in [0.2, 0.25) is 0 Å².